The van der Waals surface area contributed by atoms with E-state index in [4.69, 9.17) is 16.3 Å². The van der Waals surface area contributed by atoms with E-state index in [9.17, 15) is 48.7 Å². The minimum atomic E-state index is -1.74. The number of aromatic hydroxyl groups is 2. The standard InChI is InChI=1S/C25H24BClFN3O10/c1-2-30-7-8-31(23(36)22(30)35)25(39)29-19(13-4-6-15(32)20(34)18(13)27)16(33)10-12-9-11-3-5-14(28)17(24(37)38)21(11)41-26(12)40/h3-6,12,19,32,34,40H,2,7-10H2,1H3,(H,29,39)(H,37,38)/t12-,19+/m1/s1. The van der Waals surface area contributed by atoms with Crippen molar-refractivity contribution in [2.75, 3.05) is 19.6 Å². The first-order valence-corrected chi connectivity index (χ1v) is 12.8. The molecule has 13 nitrogen and oxygen atoms in total. The molecule has 0 unspecified atom stereocenters. The number of hydrogen-bond donors (Lipinski definition) is 5. The van der Waals surface area contributed by atoms with Crippen LogP contribution < -0.4 is 9.97 Å². The smallest absolute Gasteiger partial charge is 0.526 e. The maximum Gasteiger partial charge on any atom is 0.526 e. The molecule has 41 heavy (non-hydrogen) atoms. The number of carbonyl (C=O) groups is 5. The van der Waals surface area contributed by atoms with Crippen molar-refractivity contribution < 1.29 is 53.4 Å². The number of nitrogens with one attached hydrogen (secondary N) is 1. The molecule has 0 spiro atoms. The number of carboxylic acid groups (broad SMARTS) is 1. The van der Waals surface area contributed by atoms with Crippen LogP contribution in [-0.4, -0.2) is 86.5 Å². The van der Waals surface area contributed by atoms with Crippen LogP contribution in [-0.2, 0) is 20.8 Å². The van der Waals surface area contributed by atoms with Crippen LogP contribution in [0.5, 0.6) is 17.2 Å². The number of aromatic carboxylic acids is 1. The Morgan fingerprint density at radius 1 is 1.17 bits per heavy atom. The highest BCUT2D eigenvalue weighted by atomic mass is 35.5. The van der Waals surface area contributed by atoms with Crippen LogP contribution >= 0.6 is 11.6 Å². The van der Waals surface area contributed by atoms with Crippen LogP contribution in [0.25, 0.3) is 0 Å². The second kappa shape index (κ2) is 11.6. The number of piperazine rings is 1. The van der Waals surface area contributed by atoms with Crippen molar-refractivity contribution in [1.82, 2.24) is 15.1 Å². The van der Waals surface area contributed by atoms with E-state index in [0.717, 1.165) is 18.2 Å². The lowest BCUT2D eigenvalue weighted by molar-refractivity contribution is -0.153. The minimum absolute atomic E-state index is 0.0673. The number of nitrogens with zero attached hydrogens (tertiary/aromatic N) is 2. The molecule has 5 N–H and O–H groups in total. The molecule has 216 valence electrons. The fourth-order valence-electron chi connectivity index (χ4n) is 4.74. The van der Waals surface area contributed by atoms with Gasteiger partial charge in [0.05, 0.1) is 5.02 Å². The molecule has 2 aromatic rings. The highest BCUT2D eigenvalue weighted by molar-refractivity contribution is 6.47. The van der Waals surface area contributed by atoms with Gasteiger partial charge in [-0.3, -0.25) is 19.3 Å². The second-order valence-corrected chi connectivity index (χ2v) is 9.80. The Kier molecular flexibility index (Phi) is 8.40. The first-order valence-electron chi connectivity index (χ1n) is 12.4. The molecule has 2 heterocycles. The Bertz CT molecular complexity index is 1460. The number of carboxylic acids is 1. The van der Waals surface area contributed by atoms with Crippen LogP contribution in [0.15, 0.2) is 24.3 Å². The number of phenolic OH excluding ortho intramolecular Hbond substituents is 2. The van der Waals surface area contributed by atoms with Gasteiger partial charge < -0.3 is 35.2 Å². The van der Waals surface area contributed by atoms with E-state index in [1.807, 2.05) is 0 Å². The van der Waals surface area contributed by atoms with Crippen LogP contribution in [0.2, 0.25) is 10.8 Å². The third-order valence-electron chi connectivity index (χ3n) is 6.95. The lowest BCUT2D eigenvalue weighted by Crippen LogP contribution is -2.58. The molecular weight excluding hydrogens is 568 g/mol. The van der Waals surface area contributed by atoms with Gasteiger partial charge in [-0.05, 0) is 31.0 Å². The Hall–Kier alpha value is -4.37. The van der Waals surface area contributed by atoms with Crippen LogP contribution in [0.3, 0.4) is 0 Å². The van der Waals surface area contributed by atoms with Gasteiger partial charge in [-0.25, -0.2) is 14.0 Å². The molecule has 0 bridgehead atoms. The summed E-state index contributed by atoms with van der Waals surface area (Å²) < 4.78 is 19.4. The lowest BCUT2D eigenvalue weighted by atomic mass is 9.64. The molecule has 0 aromatic heterocycles. The van der Waals surface area contributed by atoms with Gasteiger partial charge >= 0.3 is 30.9 Å². The Labute approximate surface area is 237 Å². The van der Waals surface area contributed by atoms with Gasteiger partial charge in [0.2, 0.25) is 0 Å². The SMILES string of the molecule is CCN1CCN(C(=O)N[C@H](C(=O)C[C@H]2Cc3ccc(F)c(C(=O)O)c3OB2O)c2ccc(O)c(O)c2Cl)C(=O)C1=O. The lowest BCUT2D eigenvalue weighted by Gasteiger charge is -2.33. The zero-order valence-corrected chi connectivity index (χ0v) is 22.2. The summed E-state index contributed by atoms with van der Waals surface area (Å²) in [6, 6.07) is 1.62. The van der Waals surface area contributed by atoms with Crippen molar-refractivity contribution in [1.29, 1.82) is 0 Å². The molecule has 2 aliphatic heterocycles. The largest absolute Gasteiger partial charge is 0.535 e. The fourth-order valence-corrected chi connectivity index (χ4v) is 5.01. The van der Waals surface area contributed by atoms with Gasteiger partial charge in [-0.15, -0.1) is 0 Å². The van der Waals surface area contributed by atoms with E-state index in [2.05, 4.69) is 5.32 Å². The number of imide groups is 1. The number of Topliss-reactive ketones (excluding diaryl/α,β-unsaturated/α-hetero) is 1. The third-order valence-corrected chi connectivity index (χ3v) is 7.35. The number of carbonyl (C=O) groups excluding carboxylic acids is 4. The predicted molar refractivity (Wildman–Crippen MR) is 139 cm³/mol. The van der Waals surface area contributed by atoms with E-state index in [-0.39, 0.29) is 42.9 Å². The Morgan fingerprint density at radius 2 is 1.88 bits per heavy atom. The summed E-state index contributed by atoms with van der Waals surface area (Å²) in [7, 11) is -1.74. The molecule has 0 saturated carbocycles. The normalized spacial score (nSPS) is 17.6. The van der Waals surface area contributed by atoms with Crippen molar-refractivity contribution in [3.05, 3.63) is 51.8 Å². The number of benzene rings is 2. The topological polar surface area (TPSA) is 194 Å². The molecule has 2 aliphatic rings. The van der Waals surface area contributed by atoms with E-state index in [1.54, 1.807) is 6.92 Å². The summed E-state index contributed by atoms with van der Waals surface area (Å²) in [6.07, 6.45) is -0.607. The maximum atomic E-state index is 14.1. The number of ketones is 1. The molecular formula is C25H24BClFN3O10. The van der Waals surface area contributed by atoms with Crippen molar-refractivity contribution in [2.45, 2.75) is 31.6 Å². The zero-order chi connectivity index (χ0) is 30.2. The molecule has 2 aromatic carbocycles. The quantitative estimate of drug-likeness (QED) is 0.179. The summed E-state index contributed by atoms with van der Waals surface area (Å²) in [5.41, 5.74) is -0.718. The van der Waals surface area contributed by atoms with Crippen molar-refractivity contribution in [3.63, 3.8) is 0 Å². The monoisotopic (exact) mass is 591 g/mol. The van der Waals surface area contributed by atoms with E-state index in [1.165, 1.54) is 11.0 Å². The molecule has 1 fully saturated rings. The third kappa shape index (κ3) is 5.63. The number of phenols is 2. The average Bonchev–Trinajstić information content (AvgIpc) is 2.92. The summed E-state index contributed by atoms with van der Waals surface area (Å²) in [5, 5.41) is 41.7. The van der Waals surface area contributed by atoms with Crippen molar-refractivity contribution in [2.24, 2.45) is 0 Å². The summed E-state index contributed by atoms with van der Waals surface area (Å²) in [6.45, 7) is 1.82. The number of likely N-dealkylation sites (N-methyl/N-ethyl adjacent to an activating group) is 1. The highest BCUT2D eigenvalue weighted by Crippen LogP contribution is 2.41. The van der Waals surface area contributed by atoms with Gasteiger partial charge in [0.25, 0.3) is 0 Å². The number of amides is 4. The van der Waals surface area contributed by atoms with Gasteiger partial charge in [-0.1, -0.05) is 23.7 Å². The molecule has 16 heteroatoms. The van der Waals surface area contributed by atoms with E-state index < -0.39 is 82.9 Å². The first kappa shape index (κ1) is 29.6. The highest BCUT2D eigenvalue weighted by Gasteiger charge is 2.42. The number of hydrogen-bond acceptors (Lipinski definition) is 9. The molecule has 4 rings (SSSR count). The molecule has 4 amide bonds. The van der Waals surface area contributed by atoms with E-state index >= 15 is 0 Å². The number of rotatable bonds is 7. The van der Waals surface area contributed by atoms with Crippen LogP contribution in [0, 0.1) is 5.82 Å². The van der Waals surface area contributed by atoms with Crippen LogP contribution in [0.4, 0.5) is 9.18 Å². The van der Waals surface area contributed by atoms with Crippen molar-refractivity contribution in [3.8, 4) is 17.2 Å². The molecule has 2 atom stereocenters. The number of halogens is 2. The fraction of sp³-hybridized carbons (Fsp3) is 0.320. The Balaban J connectivity index is 1.62. The molecule has 1 saturated heterocycles. The first-order chi connectivity index (χ1) is 19.3. The van der Waals surface area contributed by atoms with Crippen LogP contribution in [0.1, 0.15) is 40.9 Å². The van der Waals surface area contributed by atoms with Gasteiger partial charge in [0.15, 0.2) is 17.3 Å². The van der Waals surface area contributed by atoms with Gasteiger partial charge in [0.1, 0.15) is 23.2 Å². The summed E-state index contributed by atoms with van der Waals surface area (Å²) in [5.74, 6) is -8.26. The maximum absolute atomic E-state index is 14.1. The number of urea groups is 1. The second-order valence-electron chi connectivity index (χ2n) is 9.42. The molecule has 0 aliphatic carbocycles. The van der Waals surface area contributed by atoms with Crippen molar-refractivity contribution >= 4 is 48.3 Å². The summed E-state index contributed by atoms with van der Waals surface area (Å²) >= 11 is 6.18. The zero-order valence-electron chi connectivity index (χ0n) is 21.5. The molecule has 0 radical (unpaired) electrons. The number of fused-ring (bicyclic) bond motifs is 1. The van der Waals surface area contributed by atoms with Gasteiger partial charge in [0, 0.05) is 37.4 Å². The summed E-state index contributed by atoms with van der Waals surface area (Å²) in [4.78, 5) is 64.9. The van der Waals surface area contributed by atoms with E-state index in [0.29, 0.717) is 4.90 Å². The average molecular weight is 592 g/mol. The predicted octanol–water partition coefficient (Wildman–Crippen LogP) is 1.47. The van der Waals surface area contributed by atoms with Gasteiger partial charge in [-0.2, -0.15) is 0 Å². The minimum Gasteiger partial charge on any atom is -0.535 e. The Morgan fingerprint density at radius 3 is 2.54 bits per heavy atom.